The Hall–Kier alpha value is -2.74. The Morgan fingerprint density at radius 2 is 2.15 bits per heavy atom. The van der Waals surface area contributed by atoms with Gasteiger partial charge < -0.3 is 19.8 Å². The number of rotatable bonds is 6. The number of nitrogens with one attached hydrogen (secondary N) is 2. The third kappa shape index (κ3) is 3.45. The Morgan fingerprint density at radius 1 is 1.35 bits per heavy atom. The summed E-state index contributed by atoms with van der Waals surface area (Å²) in [6.07, 6.45) is 1.85. The zero-order valence-corrected chi connectivity index (χ0v) is 15.3. The normalized spacial score (nSPS) is 15.8. The number of hydrogen-bond donors (Lipinski definition) is 2. The number of carbonyl (C=O) groups is 1. The van der Waals surface area contributed by atoms with Gasteiger partial charge in [0.25, 0.3) is 5.56 Å². The minimum atomic E-state index is -0.450. The molecule has 0 bridgehead atoms. The molecule has 0 aliphatic carbocycles. The molecule has 0 fully saturated rings. The summed E-state index contributed by atoms with van der Waals surface area (Å²) in [6, 6.07) is 5.32. The molecule has 2 aromatic rings. The number of aromatic nitrogens is 2. The molecule has 1 unspecified atom stereocenters. The van der Waals surface area contributed by atoms with Gasteiger partial charge in [-0.1, -0.05) is 23.9 Å². The van der Waals surface area contributed by atoms with Crippen LogP contribution < -0.4 is 20.3 Å². The first-order valence-electron chi connectivity index (χ1n) is 7.97. The van der Waals surface area contributed by atoms with E-state index in [-0.39, 0.29) is 17.9 Å². The Kier molecular flexibility index (Phi) is 5.32. The molecule has 0 saturated carbocycles. The van der Waals surface area contributed by atoms with Gasteiger partial charge in [0.15, 0.2) is 5.16 Å². The van der Waals surface area contributed by atoms with Gasteiger partial charge in [0.05, 0.1) is 19.8 Å². The van der Waals surface area contributed by atoms with Crippen LogP contribution in [0.4, 0.5) is 5.82 Å². The van der Waals surface area contributed by atoms with E-state index in [4.69, 9.17) is 9.47 Å². The van der Waals surface area contributed by atoms with Crippen LogP contribution in [0.3, 0.4) is 0 Å². The highest BCUT2D eigenvalue weighted by molar-refractivity contribution is 7.99. The van der Waals surface area contributed by atoms with Crippen LogP contribution in [0.25, 0.3) is 0 Å². The predicted molar refractivity (Wildman–Crippen MR) is 100 cm³/mol. The van der Waals surface area contributed by atoms with Crippen molar-refractivity contribution in [3.8, 4) is 11.5 Å². The number of anilines is 1. The van der Waals surface area contributed by atoms with Crippen molar-refractivity contribution in [3.05, 3.63) is 52.3 Å². The van der Waals surface area contributed by atoms with Gasteiger partial charge in [-0.2, -0.15) is 0 Å². The molecule has 1 amide bonds. The fourth-order valence-corrected chi connectivity index (χ4v) is 3.53. The van der Waals surface area contributed by atoms with Crippen LogP contribution in [0.5, 0.6) is 11.5 Å². The van der Waals surface area contributed by atoms with Crippen LogP contribution in [0, 0.1) is 0 Å². The van der Waals surface area contributed by atoms with Gasteiger partial charge in [-0.15, -0.1) is 6.58 Å². The summed E-state index contributed by atoms with van der Waals surface area (Å²) < 4.78 is 10.7. The molecule has 1 aromatic heterocycles. The molecular weight excluding hydrogens is 354 g/mol. The Bertz CT molecular complexity index is 910. The van der Waals surface area contributed by atoms with Crippen molar-refractivity contribution in [1.82, 2.24) is 9.97 Å². The Morgan fingerprint density at radius 3 is 2.85 bits per heavy atom. The number of ether oxygens (including phenoxy) is 2. The second-order valence-corrected chi connectivity index (χ2v) is 6.65. The Balaban J connectivity index is 2.10. The van der Waals surface area contributed by atoms with Crippen LogP contribution in [0.2, 0.25) is 0 Å². The average molecular weight is 373 g/mol. The fourth-order valence-electron chi connectivity index (χ4n) is 2.93. The number of amides is 1. The highest BCUT2D eigenvalue weighted by atomic mass is 32.2. The predicted octanol–water partition coefficient (Wildman–Crippen LogP) is 2.54. The molecule has 1 atom stereocenters. The van der Waals surface area contributed by atoms with Gasteiger partial charge >= 0.3 is 0 Å². The summed E-state index contributed by atoms with van der Waals surface area (Å²) in [4.78, 5) is 32.1. The zero-order chi connectivity index (χ0) is 18.7. The number of thioether (sulfide) groups is 1. The van der Waals surface area contributed by atoms with E-state index in [1.165, 1.54) is 11.8 Å². The average Bonchev–Trinajstić information content (AvgIpc) is 2.64. The highest BCUT2D eigenvalue weighted by Crippen LogP contribution is 2.39. The second-order valence-electron chi connectivity index (χ2n) is 5.65. The first-order chi connectivity index (χ1) is 12.6. The van der Waals surface area contributed by atoms with Crippen molar-refractivity contribution >= 4 is 23.5 Å². The third-order valence-corrected chi connectivity index (χ3v) is 4.95. The van der Waals surface area contributed by atoms with Gasteiger partial charge in [0, 0.05) is 29.7 Å². The van der Waals surface area contributed by atoms with Gasteiger partial charge in [-0.3, -0.25) is 9.59 Å². The fraction of sp³-hybridized carbons (Fsp3) is 0.278. The molecule has 2 heterocycles. The highest BCUT2D eigenvalue weighted by Gasteiger charge is 2.32. The summed E-state index contributed by atoms with van der Waals surface area (Å²) in [5, 5.41) is 3.14. The summed E-state index contributed by atoms with van der Waals surface area (Å²) in [6.45, 7) is 3.65. The first-order valence-corrected chi connectivity index (χ1v) is 8.95. The maximum absolute atomic E-state index is 12.7. The van der Waals surface area contributed by atoms with Crippen LogP contribution in [0.1, 0.15) is 23.5 Å². The van der Waals surface area contributed by atoms with E-state index >= 15 is 0 Å². The molecule has 1 aliphatic heterocycles. The molecule has 1 aromatic carbocycles. The lowest BCUT2D eigenvalue weighted by atomic mass is 9.86. The number of methoxy groups -OCH3 is 2. The van der Waals surface area contributed by atoms with E-state index in [0.717, 1.165) is 5.56 Å². The third-order valence-electron chi connectivity index (χ3n) is 4.08. The maximum atomic E-state index is 12.7. The number of nitrogens with zero attached hydrogens (tertiary/aromatic N) is 1. The minimum Gasteiger partial charge on any atom is -0.497 e. The molecule has 26 heavy (non-hydrogen) atoms. The lowest BCUT2D eigenvalue weighted by Crippen LogP contribution is -2.31. The molecule has 0 radical (unpaired) electrons. The summed E-state index contributed by atoms with van der Waals surface area (Å²) >= 11 is 1.34. The van der Waals surface area contributed by atoms with Crippen LogP contribution in [0.15, 0.2) is 40.8 Å². The zero-order valence-electron chi connectivity index (χ0n) is 14.5. The molecule has 2 N–H and O–H groups in total. The summed E-state index contributed by atoms with van der Waals surface area (Å²) in [5.74, 6) is 1.44. The monoisotopic (exact) mass is 373 g/mol. The molecule has 0 saturated heterocycles. The lowest BCUT2D eigenvalue weighted by Gasteiger charge is -2.25. The number of aromatic amines is 1. The second kappa shape index (κ2) is 7.65. The SMILES string of the molecule is C=CCSc1nc2c(c(=O)[nH]1)C(c1ccc(OC)cc1OC)CC(=O)N2. The van der Waals surface area contributed by atoms with E-state index in [1.54, 1.807) is 32.4 Å². The van der Waals surface area contributed by atoms with Gasteiger partial charge in [0.1, 0.15) is 17.3 Å². The van der Waals surface area contributed by atoms with E-state index in [9.17, 15) is 9.59 Å². The Labute approximate surface area is 154 Å². The number of fused-ring (bicyclic) bond motifs is 1. The van der Waals surface area contributed by atoms with Crippen molar-refractivity contribution in [2.45, 2.75) is 17.5 Å². The van der Waals surface area contributed by atoms with Crippen LogP contribution >= 0.6 is 11.8 Å². The van der Waals surface area contributed by atoms with Crippen molar-refractivity contribution < 1.29 is 14.3 Å². The molecule has 3 rings (SSSR count). The lowest BCUT2D eigenvalue weighted by molar-refractivity contribution is -0.116. The van der Waals surface area contributed by atoms with Gasteiger partial charge in [-0.05, 0) is 6.07 Å². The van der Waals surface area contributed by atoms with Gasteiger partial charge in [-0.25, -0.2) is 4.98 Å². The number of hydrogen-bond acceptors (Lipinski definition) is 6. The molecule has 136 valence electrons. The quantitative estimate of drug-likeness (QED) is 0.459. The number of carbonyl (C=O) groups excluding carboxylic acids is 1. The van der Waals surface area contributed by atoms with Crippen LogP contribution in [-0.4, -0.2) is 35.8 Å². The van der Waals surface area contributed by atoms with E-state index in [0.29, 0.717) is 33.8 Å². The molecule has 0 spiro atoms. The first kappa shape index (κ1) is 18.1. The topological polar surface area (TPSA) is 93.3 Å². The maximum Gasteiger partial charge on any atom is 0.257 e. The molecular formula is C18H19N3O4S. The van der Waals surface area contributed by atoms with E-state index in [1.807, 2.05) is 6.07 Å². The number of benzene rings is 1. The number of H-pyrrole nitrogens is 1. The van der Waals surface area contributed by atoms with Crippen molar-refractivity contribution in [1.29, 1.82) is 0 Å². The van der Waals surface area contributed by atoms with Crippen molar-refractivity contribution in [2.24, 2.45) is 0 Å². The smallest absolute Gasteiger partial charge is 0.257 e. The minimum absolute atomic E-state index is 0.138. The largest absolute Gasteiger partial charge is 0.497 e. The molecule has 8 heteroatoms. The van der Waals surface area contributed by atoms with E-state index in [2.05, 4.69) is 21.9 Å². The molecule has 1 aliphatic rings. The molecule has 7 nitrogen and oxygen atoms in total. The summed E-state index contributed by atoms with van der Waals surface area (Å²) in [7, 11) is 3.11. The van der Waals surface area contributed by atoms with Crippen molar-refractivity contribution in [3.63, 3.8) is 0 Å². The summed E-state index contributed by atoms with van der Waals surface area (Å²) in [5.41, 5.74) is 0.892. The van der Waals surface area contributed by atoms with Crippen molar-refractivity contribution in [2.75, 3.05) is 25.3 Å². The van der Waals surface area contributed by atoms with Crippen LogP contribution in [-0.2, 0) is 4.79 Å². The van der Waals surface area contributed by atoms with E-state index < -0.39 is 5.92 Å². The van der Waals surface area contributed by atoms with Gasteiger partial charge in [0.2, 0.25) is 5.91 Å². The standard InChI is InChI=1S/C18H19N3O4S/c1-4-7-26-18-20-16-15(17(23)21-18)12(9-14(22)19-16)11-6-5-10(24-2)8-13(11)25-3/h4-6,8,12H,1,7,9H2,2-3H3,(H2,19,20,21,22,23).